The number of hydrogen-bond donors (Lipinski definition) is 0. The molecular weight excluding hydrogens is 491 g/mol. The quantitative estimate of drug-likeness (QED) is 0.584. The Labute approximate surface area is 175 Å². The van der Waals surface area contributed by atoms with Gasteiger partial charge in [-0.3, -0.25) is 9.98 Å². The van der Waals surface area contributed by atoms with Crippen molar-refractivity contribution in [1.29, 1.82) is 0 Å². The molecule has 0 N–H and O–H groups in total. The average Bonchev–Trinajstić information content (AvgIpc) is 2.51. The Morgan fingerprint density at radius 3 is 1.96 bits per heavy atom. The first kappa shape index (κ1) is 23.9. The number of halogens is 2. The van der Waals surface area contributed by atoms with Crippen molar-refractivity contribution >= 4 is 44.3 Å². The van der Waals surface area contributed by atoms with Crippen molar-refractivity contribution in [2.75, 3.05) is 6.54 Å². The van der Waals surface area contributed by atoms with Crippen LogP contribution in [0, 0.1) is 0 Å². The molecule has 2 aromatic carbocycles. The summed E-state index contributed by atoms with van der Waals surface area (Å²) in [5.74, 6) is -0.143. The topological polar surface area (TPSA) is 99.3 Å². The van der Waals surface area contributed by atoms with Gasteiger partial charge in [-0.2, -0.15) is 0 Å². The molecule has 0 aliphatic rings. The third-order valence-corrected chi connectivity index (χ3v) is 4.00. The summed E-state index contributed by atoms with van der Waals surface area (Å²) < 4.78 is 1.67. The van der Waals surface area contributed by atoms with Crippen LogP contribution in [0.5, 0.6) is 11.5 Å². The molecule has 0 aliphatic heterocycles. The minimum absolute atomic E-state index is 0. The Balaban J connectivity index is 0.00000288. The summed E-state index contributed by atoms with van der Waals surface area (Å²) in [6, 6.07) is 9.76. The van der Waals surface area contributed by atoms with Gasteiger partial charge < -0.3 is 15.7 Å². The molecule has 0 aliphatic carbocycles. The molecule has 129 valence electrons. The van der Waals surface area contributed by atoms with E-state index in [1.165, 1.54) is 12.1 Å². The van der Waals surface area contributed by atoms with Gasteiger partial charge in [0.15, 0.2) is 0 Å². The van der Waals surface area contributed by atoms with Gasteiger partial charge >= 0.3 is 18.6 Å². The molecule has 8 heteroatoms. The molecule has 5 nitrogen and oxygen atoms in total. The van der Waals surface area contributed by atoms with Gasteiger partial charge in [0, 0.05) is 21.4 Å². The summed E-state index contributed by atoms with van der Waals surface area (Å²) >= 11 is 6.65. The van der Waals surface area contributed by atoms with E-state index in [9.17, 15) is 10.2 Å². The molecule has 0 heterocycles. The van der Waals surface area contributed by atoms with Gasteiger partial charge in [-0.25, -0.2) is 0 Å². The van der Waals surface area contributed by atoms with Crippen LogP contribution in [0.25, 0.3) is 0 Å². The van der Waals surface area contributed by atoms with E-state index in [1.54, 1.807) is 36.7 Å². The minimum Gasteiger partial charge on any atom is -2.00 e. The molecule has 1 radical (unpaired) electrons. The van der Waals surface area contributed by atoms with E-state index in [2.05, 4.69) is 41.8 Å². The molecule has 0 aromatic heterocycles. The standard InChI is InChI=1S/C17H16Br2N2O2.O.V/c1-11(21-10-13-7-15(19)3-5-17(13)23)8-20-9-12-6-14(18)2-4-16(12)22;;/h2-7,9-11,22-23H,8H2,1H3;;/q;-2;+4/p-2/t11-;;/m1../s1. The zero-order chi connectivity index (χ0) is 16.8. The third kappa shape index (κ3) is 7.75. The number of aliphatic imine (C=N–C) groups is 2. The summed E-state index contributed by atoms with van der Waals surface area (Å²) in [4.78, 5) is 8.57. The van der Waals surface area contributed by atoms with Crippen LogP contribution >= 0.6 is 31.9 Å². The van der Waals surface area contributed by atoms with Gasteiger partial charge in [0.2, 0.25) is 0 Å². The monoisotopic (exact) mass is 503 g/mol. The van der Waals surface area contributed by atoms with Crippen LogP contribution < -0.4 is 10.2 Å². The predicted octanol–water partition coefficient (Wildman–Crippen LogP) is 3.16. The summed E-state index contributed by atoms with van der Waals surface area (Å²) in [5, 5.41) is 23.3. The van der Waals surface area contributed by atoms with Gasteiger partial charge in [0.25, 0.3) is 0 Å². The summed E-state index contributed by atoms with van der Waals surface area (Å²) in [5.41, 5.74) is 1.06. The molecule has 25 heavy (non-hydrogen) atoms. The second-order valence-corrected chi connectivity index (χ2v) is 6.82. The second kappa shape index (κ2) is 11.5. The van der Waals surface area contributed by atoms with Crippen molar-refractivity contribution in [1.82, 2.24) is 0 Å². The van der Waals surface area contributed by atoms with E-state index < -0.39 is 0 Å². The molecule has 0 unspecified atom stereocenters. The molecule has 2 aromatic rings. The number of rotatable bonds is 5. The van der Waals surface area contributed by atoms with Crippen molar-refractivity contribution < 1.29 is 34.2 Å². The Kier molecular flexibility index (Phi) is 11.0. The number of nitrogens with zero attached hydrogens (tertiary/aromatic N) is 2. The molecule has 0 saturated heterocycles. The van der Waals surface area contributed by atoms with Crippen LogP contribution in [0.4, 0.5) is 0 Å². The molecular formula is C17H14Br2N2O3V. The number of hydrogen-bond acceptors (Lipinski definition) is 4. The van der Waals surface area contributed by atoms with E-state index in [-0.39, 0.29) is 41.6 Å². The van der Waals surface area contributed by atoms with Gasteiger partial charge in [-0.1, -0.05) is 55.5 Å². The Morgan fingerprint density at radius 1 is 0.960 bits per heavy atom. The molecule has 0 bridgehead atoms. The van der Waals surface area contributed by atoms with Crippen LogP contribution in [0.2, 0.25) is 0 Å². The molecule has 0 saturated carbocycles. The molecule has 0 fully saturated rings. The molecule has 0 amide bonds. The minimum atomic E-state index is -0.0908. The van der Waals surface area contributed by atoms with E-state index in [0.29, 0.717) is 17.7 Å². The summed E-state index contributed by atoms with van der Waals surface area (Å²) in [6.07, 6.45) is 3.11. The van der Waals surface area contributed by atoms with E-state index >= 15 is 0 Å². The normalized spacial score (nSPS) is 12.0. The zero-order valence-electron chi connectivity index (χ0n) is 13.2. The maximum Gasteiger partial charge on any atom is 4.00 e. The van der Waals surface area contributed by atoms with E-state index in [4.69, 9.17) is 0 Å². The molecule has 1 atom stereocenters. The van der Waals surface area contributed by atoms with Crippen LogP contribution in [0.15, 0.2) is 55.3 Å². The molecule has 0 spiro atoms. The van der Waals surface area contributed by atoms with E-state index in [0.717, 1.165) is 8.95 Å². The van der Waals surface area contributed by atoms with Gasteiger partial charge in [0.1, 0.15) is 0 Å². The summed E-state index contributed by atoms with van der Waals surface area (Å²) in [6.45, 7) is 2.33. The largest absolute Gasteiger partial charge is 4.00 e. The van der Waals surface area contributed by atoms with Gasteiger partial charge in [-0.15, -0.1) is 0 Å². The first-order valence-corrected chi connectivity index (χ1v) is 8.50. The maximum atomic E-state index is 11.7. The van der Waals surface area contributed by atoms with Crippen LogP contribution in [0.3, 0.4) is 0 Å². The van der Waals surface area contributed by atoms with Crippen LogP contribution in [-0.4, -0.2) is 25.0 Å². The van der Waals surface area contributed by atoms with Crippen molar-refractivity contribution in [2.45, 2.75) is 13.0 Å². The second-order valence-electron chi connectivity index (χ2n) is 4.99. The Hall–Kier alpha value is -1.12. The fourth-order valence-corrected chi connectivity index (χ4v) is 2.56. The van der Waals surface area contributed by atoms with Crippen molar-refractivity contribution in [3.63, 3.8) is 0 Å². The Bertz CT molecular complexity index is 755. The van der Waals surface area contributed by atoms with Crippen molar-refractivity contribution in [3.05, 3.63) is 56.5 Å². The van der Waals surface area contributed by atoms with Gasteiger partial charge in [0.05, 0.1) is 12.6 Å². The van der Waals surface area contributed by atoms with Crippen LogP contribution in [0.1, 0.15) is 18.1 Å². The SMILES string of the molecule is C[C@H](CN=Cc1cc(Br)ccc1[O-])N=Cc1cc(Br)ccc1[O-].[O-2].[V+4]. The summed E-state index contributed by atoms with van der Waals surface area (Å²) in [7, 11) is 0. The fraction of sp³-hybridized carbons (Fsp3) is 0.176. The first-order valence-electron chi connectivity index (χ1n) is 6.92. The average molecular weight is 505 g/mol. The fourth-order valence-electron chi connectivity index (χ4n) is 1.80. The number of benzene rings is 2. The van der Waals surface area contributed by atoms with Crippen molar-refractivity contribution in [3.8, 4) is 11.5 Å². The zero-order valence-corrected chi connectivity index (χ0v) is 17.8. The van der Waals surface area contributed by atoms with Crippen molar-refractivity contribution in [2.24, 2.45) is 9.98 Å². The smallest absolute Gasteiger partial charge is 2.00 e. The predicted molar refractivity (Wildman–Crippen MR) is 97.4 cm³/mol. The molecule has 2 rings (SSSR count). The van der Waals surface area contributed by atoms with Gasteiger partial charge in [-0.05, 0) is 42.3 Å². The first-order chi connectivity index (χ1) is 11.0. The maximum absolute atomic E-state index is 11.7. The Morgan fingerprint density at radius 2 is 1.44 bits per heavy atom. The van der Waals surface area contributed by atoms with E-state index in [1.807, 2.05) is 6.92 Å². The third-order valence-electron chi connectivity index (χ3n) is 3.01. The van der Waals surface area contributed by atoms with Crippen LogP contribution in [-0.2, 0) is 24.0 Å².